The van der Waals surface area contributed by atoms with Gasteiger partial charge in [0.2, 0.25) is 0 Å². The highest BCUT2D eigenvalue weighted by Gasteiger charge is 2.28. The largest absolute Gasteiger partial charge is 0.336 e. The van der Waals surface area contributed by atoms with E-state index in [1.54, 1.807) is 17.1 Å². The topological polar surface area (TPSA) is 76.8 Å². The third kappa shape index (κ3) is 3.51. The van der Waals surface area contributed by atoms with Crippen LogP contribution in [0.3, 0.4) is 0 Å². The lowest BCUT2D eigenvalue weighted by atomic mass is 10.1. The Morgan fingerprint density at radius 1 is 1.17 bits per heavy atom. The fourth-order valence-electron chi connectivity index (χ4n) is 3.73. The molecule has 0 atom stereocenters. The molecule has 1 aliphatic rings. The average Bonchev–Trinajstić information content (AvgIpc) is 3.48. The Bertz CT molecular complexity index is 1260. The lowest BCUT2D eigenvalue weighted by Crippen LogP contribution is -2.38. The highest BCUT2D eigenvalue weighted by molar-refractivity contribution is 5.97. The maximum absolute atomic E-state index is 13.2. The predicted molar refractivity (Wildman–Crippen MR) is 116 cm³/mol. The summed E-state index contributed by atoms with van der Waals surface area (Å²) >= 11 is 0. The third-order valence-electron chi connectivity index (χ3n) is 5.59. The molecule has 1 aliphatic carbocycles. The summed E-state index contributed by atoms with van der Waals surface area (Å²) in [5.41, 5.74) is 4.43. The van der Waals surface area contributed by atoms with Crippen LogP contribution in [0.2, 0.25) is 0 Å². The molecule has 0 saturated heterocycles. The van der Waals surface area contributed by atoms with E-state index < -0.39 is 0 Å². The first-order valence-corrected chi connectivity index (χ1v) is 10.4. The maximum Gasteiger partial charge on any atom is 0.254 e. The van der Waals surface area contributed by atoms with Gasteiger partial charge in [-0.1, -0.05) is 0 Å². The summed E-state index contributed by atoms with van der Waals surface area (Å²) in [6, 6.07) is 7.76. The summed E-state index contributed by atoms with van der Waals surface area (Å²) in [6.45, 7) is 4.97. The number of benzene rings is 1. The Labute approximate surface area is 174 Å². The number of pyridine rings is 1. The van der Waals surface area contributed by atoms with Gasteiger partial charge in [-0.25, -0.2) is 9.97 Å². The molecule has 1 fully saturated rings. The Balaban J connectivity index is 1.50. The number of fused-ring (bicyclic) bond motifs is 2. The first kappa shape index (κ1) is 18.7. The van der Waals surface area contributed by atoms with Crippen molar-refractivity contribution in [2.75, 3.05) is 6.54 Å². The summed E-state index contributed by atoms with van der Waals surface area (Å²) in [7, 11) is 1.87. The number of aromatic nitrogens is 5. The molecule has 1 amide bonds. The van der Waals surface area contributed by atoms with Gasteiger partial charge in [0.05, 0.1) is 22.9 Å². The number of carbonyl (C=O) groups is 1. The zero-order valence-corrected chi connectivity index (χ0v) is 17.4. The van der Waals surface area contributed by atoms with Crippen molar-refractivity contribution in [3.05, 3.63) is 48.4 Å². The fraction of sp³-hybridized carbons (Fsp3) is 0.348. The molecule has 3 aromatic heterocycles. The predicted octanol–water partition coefficient (Wildman–Crippen LogP) is 3.84. The van der Waals surface area contributed by atoms with Crippen molar-refractivity contribution in [1.29, 1.82) is 0 Å². The zero-order valence-electron chi connectivity index (χ0n) is 17.4. The minimum atomic E-state index is 0.0597. The van der Waals surface area contributed by atoms with Crippen molar-refractivity contribution < 1.29 is 4.79 Å². The first-order chi connectivity index (χ1) is 14.5. The SMILES string of the molecule is CC(C)N(CC1CC1)C(=O)c1ccc2ncc(-c3cnc4nn(C)cc4c3)nc2c1. The molecule has 4 aromatic rings. The number of hydrogen-bond donors (Lipinski definition) is 0. The van der Waals surface area contributed by atoms with Gasteiger partial charge in [-0.3, -0.25) is 14.5 Å². The van der Waals surface area contributed by atoms with Gasteiger partial charge in [0, 0.05) is 48.5 Å². The van der Waals surface area contributed by atoms with Crippen LogP contribution in [0.1, 0.15) is 37.0 Å². The van der Waals surface area contributed by atoms with Crippen molar-refractivity contribution in [2.45, 2.75) is 32.7 Å². The van der Waals surface area contributed by atoms with Crippen molar-refractivity contribution in [1.82, 2.24) is 29.6 Å². The molecule has 3 heterocycles. The Kier molecular flexibility index (Phi) is 4.46. The first-order valence-electron chi connectivity index (χ1n) is 10.4. The van der Waals surface area contributed by atoms with Gasteiger partial charge in [-0.2, -0.15) is 5.10 Å². The smallest absolute Gasteiger partial charge is 0.254 e. The van der Waals surface area contributed by atoms with Crippen LogP contribution in [0.4, 0.5) is 0 Å². The molecule has 0 bridgehead atoms. The van der Waals surface area contributed by atoms with E-state index >= 15 is 0 Å². The summed E-state index contributed by atoms with van der Waals surface area (Å²) in [5, 5.41) is 5.26. The molecule has 0 spiro atoms. The van der Waals surface area contributed by atoms with Crippen molar-refractivity contribution in [2.24, 2.45) is 13.0 Å². The minimum absolute atomic E-state index is 0.0597. The maximum atomic E-state index is 13.2. The second-order valence-corrected chi connectivity index (χ2v) is 8.39. The number of rotatable bonds is 5. The van der Waals surface area contributed by atoms with E-state index in [1.165, 1.54) is 12.8 Å². The average molecular weight is 400 g/mol. The van der Waals surface area contributed by atoms with Crippen LogP contribution in [0, 0.1) is 5.92 Å². The molecular weight excluding hydrogens is 376 g/mol. The summed E-state index contributed by atoms with van der Waals surface area (Å²) < 4.78 is 1.74. The molecule has 0 aliphatic heterocycles. The normalized spacial score (nSPS) is 14.0. The number of nitrogens with zero attached hydrogens (tertiary/aromatic N) is 6. The van der Waals surface area contributed by atoms with E-state index in [1.807, 2.05) is 42.4 Å². The number of hydrogen-bond acceptors (Lipinski definition) is 5. The van der Waals surface area contributed by atoms with E-state index in [2.05, 4.69) is 28.9 Å². The second-order valence-electron chi connectivity index (χ2n) is 8.39. The van der Waals surface area contributed by atoms with Crippen molar-refractivity contribution in [3.8, 4) is 11.3 Å². The van der Waals surface area contributed by atoms with Gasteiger partial charge in [0.25, 0.3) is 5.91 Å². The van der Waals surface area contributed by atoms with Gasteiger partial charge < -0.3 is 4.90 Å². The van der Waals surface area contributed by atoms with Gasteiger partial charge in [-0.05, 0) is 56.9 Å². The Morgan fingerprint density at radius 3 is 2.77 bits per heavy atom. The van der Waals surface area contributed by atoms with Crippen molar-refractivity contribution >= 4 is 28.0 Å². The number of aryl methyl sites for hydroxylation is 1. The summed E-state index contributed by atoms with van der Waals surface area (Å²) in [4.78, 5) is 28.9. The molecule has 0 unspecified atom stereocenters. The van der Waals surface area contributed by atoms with Crippen molar-refractivity contribution in [3.63, 3.8) is 0 Å². The van der Waals surface area contributed by atoms with Crippen LogP contribution in [-0.2, 0) is 7.05 Å². The molecule has 0 N–H and O–H groups in total. The van der Waals surface area contributed by atoms with E-state index in [0.29, 0.717) is 22.6 Å². The number of amides is 1. The highest BCUT2D eigenvalue weighted by atomic mass is 16.2. The minimum Gasteiger partial charge on any atom is -0.336 e. The standard InChI is InChI=1S/C23H24N6O/c1-14(2)29(12-15-4-5-15)23(30)16-6-7-19-20(9-16)26-21(11-24-19)17-8-18-13-28(3)27-22(18)25-10-17/h6-11,13-15H,4-5,12H2,1-3H3. The quantitative estimate of drug-likeness (QED) is 0.509. The molecule has 152 valence electrons. The summed E-state index contributed by atoms with van der Waals surface area (Å²) in [6.07, 6.45) is 7.88. The van der Waals surface area contributed by atoms with Crippen LogP contribution in [0.5, 0.6) is 0 Å². The van der Waals surface area contributed by atoms with Crippen LogP contribution >= 0.6 is 0 Å². The van der Waals surface area contributed by atoms with E-state index in [4.69, 9.17) is 4.98 Å². The second kappa shape index (κ2) is 7.16. The van der Waals surface area contributed by atoms with Crippen LogP contribution < -0.4 is 0 Å². The molecule has 0 radical (unpaired) electrons. The molecule has 7 heteroatoms. The lowest BCUT2D eigenvalue weighted by Gasteiger charge is -2.27. The van der Waals surface area contributed by atoms with Crippen LogP contribution in [0.25, 0.3) is 33.3 Å². The third-order valence-corrected chi connectivity index (χ3v) is 5.59. The molecular formula is C23H24N6O. The van der Waals surface area contributed by atoms with Crippen LogP contribution in [0.15, 0.2) is 42.9 Å². The Morgan fingerprint density at radius 2 is 2.00 bits per heavy atom. The molecule has 5 rings (SSSR count). The molecule has 1 saturated carbocycles. The van der Waals surface area contributed by atoms with E-state index in [9.17, 15) is 4.79 Å². The lowest BCUT2D eigenvalue weighted by molar-refractivity contribution is 0.0696. The number of carbonyl (C=O) groups excluding carboxylic acids is 1. The molecule has 30 heavy (non-hydrogen) atoms. The van der Waals surface area contributed by atoms with E-state index in [0.717, 1.165) is 28.7 Å². The molecule has 7 nitrogen and oxygen atoms in total. The highest BCUT2D eigenvalue weighted by Crippen LogP contribution is 2.31. The van der Waals surface area contributed by atoms with Gasteiger partial charge in [-0.15, -0.1) is 0 Å². The van der Waals surface area contributed by atoms with Gasteiger partial charge >= 0.3 is 0 Å². The van der Waals surface area contributed by atoms with E-state index in [-0.39, 0.29) is 11.9 Å². The van der Waals surface area contributed by atoms with Crippen LogP contribution in [-0.4, -0.2) is 48.1 Å². The fourth-order valence-corrected chi connectivity index (χ4v) is 3.73. The van der Waals surface area contributed by atoms with Gasteiger partial charge in [0.1, 0.15) is 0 Å². The monoisotopic (exact) mass is 400 g/mol. The summed E-state index contributed by atoms with van der Waals surface area (Å²) in [5.74, 6) is 0.711. The Hall–Kier alpha value is -3.35. The molecule has 1 aromatic carbocycles. The van der Waals surface area contributed by atoms with Gasteiger partial charge in [0.15, 0.2) is 5.65 Å². The zero-order chi connectivity index (χ0) is 20.8.